The fourth-order valence-corrected chi connectivity index (χ4v) is 1.61. The summed E-state index contributed by atoms with van der Waals surface area (Å²) in [6.07, 6.45) is 0.557. The number of rotatable bonds is 5. The standard InChI is InChI=1S/C14H19FN2/c1-3-4-9-17-14(2,11-16)10-12-7-5-6-8-13(12)15/h5-8,17H,9-11,16H2,1-2H3. The lowest BCUT2D eigenvalue weighted by Crippen LogP contribution is -2.50. The van der Waals surface area contributed by atoms with Crippen LogP contribution in [0.15, 0.2) is 24.3 Å². The normalized spacial score (nSPS) is 13.6. The zero-order valence-electron chi connectivity index (χ0n) is 10.4. The van der Waals surface area contributed by atoms with Gasteiger partial charge in [0.15, 0.2) is 0 Å². The Hall–Kier alpha value is -1.37. The maximum atomic E-state index is 13.5. The molecule has 92 valence electrons. The Morgan fingerprint density at radius 2 is 2.12 bits per heavy atom. The summed E-state index contributed by atoms with van der Waals surface area (Å²) in [5, 5.41) is 3.26. The molecule has 0 aliphatic carbocycles. The molecular weight excluding hydrogens is 215 g/mol. The second-order valence-electron chi connectivity index (χ2n) is 4.31. The van der Waals surface area contributed by atoms with Gasteiger partial charge < -0.3 is 5.73 Å². The molecule has 1 rings (SSSR count). The molecule has 1 atom stereocenters. The van der Waals surface area contributed by atoms with E-state index in [-0.39, 0.29) is 11.4 Å². The molecule has 0 aliphatic heterocycles. The molecular formula is C14H19FN2. The topological polar surface area (TPSA) is 38.0 Å². The molecule has 3 heteroatoms. The van der Waals surface area contributed by atoms with Gasteiger partial charge in [0.2, 0.25) is 0 Å². The first-order chi connectivity index (χ1) is 8.11. The van der Waals surface area contributed by atoms with Gasteiger partial charge in [0.05, 0.1) is 6.54 Å². The van der Waals surface area contributed by atoms with Crippen LogP contribution in [0.4, 0.5) is 4.39 Å². The van der Waals surface area contributed by atoms with E-state index in [0.29, 0.717) is 25.1 Å². The molecule has 0 aliphatic rings. The highest BCUT2D eigenvalue weighted by Crippen LogP contribution is 2.15. The van der Waals surface area contributed by atoms with Crippen LogP contribution in [0.2, 0.25) is 0 Å². The molecule has 0 saturated carbocycles. The Bertz CT molecular complexity index is 420. The highest BCUT2D eigenvalue weighted by molar-refractivity contribution is 5.20. The predicted octanol–water partition coefficient (Wildman–Crippen LogP) is 1.70. The van der Waals surface area contributed by atoms with Gasteiger partial charge >= 0.3 is 0 Å². The van der Waals surface area contributed by atoms with Crippen molar-refractivity contribution in [1.29, 1.82) is 0 Å². The van der Waals surface area contributed by atoms with E-state index in [1.807, 2.05) is 13.0 Å². The third kappa shape index (κ3) is 4.18. The lowest BCUT2D eigenvalue weighted by molar-refractivity contribution is 0.374. The zero-order valence-corrected chi connectivity index (χ0v) is 10.4. The van der Waals surface area contributed by atoms with Gasteiger partial charge in [-0.2, -0.15) is 0 Å². The smallest absolute Gasteiger partial charge is 0.126 e. The summed E-state index contributed by atoms with van der Waals surface area (Å²) < 4.78 is 13.5. The largest absolute Gasteiger partial charge is 0.329 e. The average molecular weight is 234 g/mol. The van der Waals surface area contributed by atoms with Crippen molar-refractivity contribution < 1.29 is 4.39 Å². The van der Waals surface area contributed by atoms with E-state index >= 15 is 0 Å². The van der Waals surface area contributed by atoms with E-state index in [1.54, 1.807) is 19.1 Å². The SMILES string of the molecule is CC#CCNC(C)(CN)Cc1ccccc1F. The highest BCUT2D eigenvalue weighted by Gasteiger charge is 2.23. The van der Waals surface area contributed by atoms with Crippen LogP contribution in [0.25, 0.3) is 0 Å². The fourth-order valence-electron chi connectivity index (χ4n) is 1.61. The lowest BCUT2D eigenvalue weighted by atomic mass is 9.92. The van der Waals surface area contributed by atoms with Gasteiger partial charge in [0, 0.05) is 12.1 Å². The van der Waals surface area contributed by atoms with Crippen LogP contribution < -0.4 is 11.1 Å². The van der Waals surface area contributed by atoms with Gasteiger partial charge in [-0.1, -0.05) is 24.1 Å². The van der Waals surface area contributed by atoms with Crippen molar-refractivity contribution in [3.63, 3.8) is 0 Å². The fraction of sp³-hybridized carbons (Fsp3) is 0.429. The molecule has 1 aromatic rings. The minimum absolute atomic E-state index is 0.185. The van der Waals surface area contributed by atoms with Crippen LogP contribution in [-0.2, 0) is 6.42 Å². The van der Waals surface area contributed by atoms with Crippen LogP contribution in [0.3, 0.4) is 0 Å². The Labute approximate surface area is 102 Å². The first kappa shape index (κ1) is 13.7. The number of nitrogens with two attached hydrogens (primary N) is 1. The molecule has 1 unspecified atom stereocenters. The van der Waals surface area contributed by atoms with Gasteiger partial charge in [0.1, 0.15) is 5.82 Å². The summed E-state index contributed by atoms with van der Waals surface area (Å²) in [6.45, 7) is 4.78. The van der Waals surface area contributed by atoms with Gasteiger partial charge in [-0.15, -0.1) is 5.92 Å². The number of halogens is 1. The van der Waals surface area contributed by atoms with Crippen LogP contribution in [0.5, 0.6) is 0 Å². The molecule has 0 saturated heterocycles. The molecule has 0 amide bonds. The van der Waals surface area contributed by atoms with E-state index in [0.717, 1.165) is 0 Å². The summed E-state index contributed by atoms with van der Waals surface area (Å²) in [4.78, 5) is 0. The van der Waals surface area contributed by atoms with Gasteiger partial charge in [-0.05, 0) is 31.9 Å². The Balaban J connectivity index is 2.73. The van der Waals surface area contributed by atoms with Crippen LogP contribution in [0.1, 0.15) is 19.4 Å². The predicted molar refractivity (Wildman–Crippen MR) is 69.0 cm³/mol. The minimum atomic E-state index is -0.327. The Kier molecular flexibility index (Phi) is 5.14. The van der Waals surface area contributed by atoms with E-state index < -0.39 is 0 Å². The van der Waals surface area contributed by atoms with Crippen molar-refractivity contribution >= 4 is 0 Å². The summed E-state index contributed by atoms with van der Waals surface area (Å²) in [6, 6.07) is 6.78. The lowest BCUT2D eigenvalue weighted by Gasteiger charge is -2.29. The molecule has 1 aromatic carbocycles. The molecule has 0 spiro atoms. The number of hydrogen-bond donors (Lipinski definition) is 2. The second-order valence-corrected chi connectivity index (χ2v) is 4.31. The third-order valence-electron chi connectivity index (χ3n) is 2.77. The van der Waals surface area contributed by atoms with E-state index in [4.69, 9.17) is 5.73 Å². The molecule has 0 aromatic heterocycles. The van der Waals surface area contributed by atoms with Gasteiger partial charge in [-0.25, -0.2) is 4.39 Å². The average Bonchev–Trinajstić information content (AvgIpc) is 2.33. The summed E-state index contributed by atoms with van der Waals surface area (Å²) in [5.74, 6) is 5.56. The maximum Gasteiger partial charge on any atom is 0.126 e. The number of benzene rings is 1. The number of hydrogen-bond acceptors (Lipinski definition) is 2. The van der Waals surface area contributed by atoms with Gasteiger partial charge in [0.25, 0.3) is 0 Å². The summed E-state index contributed by atoms with van der Waals surface area (Å²) in [7, 11) is 0. The summed E-state index contributed by atoms with van der Waals surface area (Å²) in [5.41, 5.74) is 6.10. The highest BCUT2D eigenvalue weighted by atomic mass is 19.1. The Morgan fingerprint density at radius 3 is 2.71 bits per heavy atom. The third-order valence-corrected chi connectivity index (χ3v) is 2.77. The van der Waals surface area contributed by atoms with Crippen molar-refractivity contribution in [1.82, 2.24) is 5.32 Å². The van der Waals surface area contributed by atoms with Crippen molar-refractivity contribution in [2.75, 3.05) is 13.1 Å². The molecule has 2 nitrogen and oxygen atoms in total. The van der Waals surface area contributed by atoms with Crippen LogP contribution in [0, 0.1) is 17.7 Å². The zero-order chi connectivity index (χ0) is 12.7. The quantitative estimate of drug-likeness (QED) is 0.761. The molecule has 0 radical (unpaired) electrons. The first-order valence-electron chi connectivity index (χ1n) is 5.69. The van der Waals surface area contributed by atoms with E-state index in [2.05, 4.69) is 17.2 Å². The monoisotopic (exact) mass is 234 g/mol. The van der Waals surface area contributed by atoms with Crippen LogP contribution >= 0.6 is 0 Å². The van der Waals surface area contributed by atoms with Gasteiger partial charge in [-0.3, -0.25) is 5.32 Å². The Morgan fingerprint density at radius 1 is 1.41 bits per heavy atom. The van der Waals surface area contributed by atoms with E-state index in [1.165, 1.54) is 6.07 Å². The maximum absolute atomic E-state index is 13.5. The second kappa shape index (κ2) is 6.39. The van der Waals surface area contributed by atoms with Crippen molar-refractivity contribution in [2.24, 2.45) is 5.73 Å². The molecule has 0 bridgehead atoms. The van der Waals surface area contributed by atoms with E-state index in [9.17, 15) is 4.39 Å². The van der Waals surface area contributed by atoms with Crippen molar-refractivity contribution in [2.45, 2.75) is 25.8 Å². The molecule has 17 heavy (non-hydrogen) atoms. The van der Waals surface area contributed by atoms with Crippen molar-refractivity contribution in [3.8, 4) is 11.8 Å². The van der Waals surface area contributed by atoms with Crippen LogP contribution in [-0.4, -0.2) is 18.6 Å². The summed E-state index contributed by atoms with van der Waals surface area (Å²) >= 11 is 0. The molecule has 3 N–H and O–H groups in total. The first-order valence-corrected chi connectivity index (χ1v) is 5.69. The molecule has 0 fully saturated rings. The number of nitrogens with one attached hydrogen (secondary N) is 1. The minimum Gasteiger partial charge on any atom is -0.329 e. The molecule has 0 heterocycles. The van der Waals surface area contributed by atoms with Crippen molar-refractivity contribution in [3.05, 3.63) is 35.6 Å².